The van der Waals surface area contributed by atoms with Crippen molar-refractivity contribution in [2.45, 2.75) is 17.9 Å². The van der Waals surface area contributed by atoms with Gasteiger partial charge < -0.3 is 10.1 Å². The summed E-state index contributed by atoms with van der Waals surface area (Å²) in [4.78, 5) is 16.0. The zero-order valence-electron chi connectivity index (χ0n) is 15.2. The highest BCUT2D eigenvalue weighted by Crippen LogP contribution is 2.27. The maximum Gasteiger partial charge on any atom is 0.241 e. The minimum absolute atomic E-state index is 0.0463. The molecule has 150 valence electrons. The lowest BCUT2D eigenvalue weighted by Crippen LogP contribution is -2.17. The van der Waals surface area contributed by atoms with Crippen molar-refractivity contribution in [2.75, 3.05) is 5.32 Å². The van der Waals surface area contributed by atoms with Crippen LogP contribution in [0.3, 0.4) is 0 Å². The molecular formula is C20H18ClN3O4S. The van der Waals surface area contributed by atoms with Crippen molar-refractivity contribution in [1.29, 1.82) is 0 Å². The van der Waals surface area contributed by atoms with Crippen LogP contribution < -0.4 is 15.2 Å². The topological polar surface area (TPSA) is 111 Å². The normalized spacial score (nSPS) is 11.1. The minimum atomic E-state index is -4.07. The first-order valence-corrected chi connectivity index (χ1v) is 10.5. The Bertz CT molecular complexity index is 1120. The Balaban J connectivity index is 1.76. The van der Waals surface area contributed by atoms with E-state index in [1.54, 1.807) is 54.9 Å². The van der Waals surface area contributed by atoms with Crippen LogP contribution in [0.5, 0.6) is 5.75 Å². The Morgan fingerprint density at radius 1 is 1.10 bits per heavy atom. The number of nitrogens with one attached hydrogen (secondary N) is 1. The van der Waals surface area contributed by atoms with E-state index < -0.39 is 10.0 Å². The van der Waals surface area contributed by atoms with E-state index in [1.165, 1.54) is 12.1 Å². The van der Waals surface area contributed by atoms with Crippen LogP contribution in [0.2, 0.25) is 5.02 Å². The summed E-state index contributed by atoms with van der Waals surface area (Å²) in [5.74, 6) is -0.252. The van der Waals surface area contributed by atoms with Gasteiger partial charge in [-0.1, -0.05) is 29.8 Å². The fourth-order valence-corrected chi connectivity index (χ4v) is 3.49. The number of halogens is 1. The van der Waals surface area contributed by atoms with E-state index in [4.69, 9.17) is 21.5 Å². The Morgan fingerprint density at radius 3 is 2.52 bits per heavy atom. The van der Waals surface area contributed by atoms with Gasteiger partial charge in [0.1, 0.15) is 17.3 Å². The van der Waals surface area contributed by atoms with E-state index in [1.807, 2.05) is 0 Å². The summed E-state index contributed by atoms with van der Waals surface area (Å²) in [6.07, 6.45) is 3.26. The summed E-state index contributed by atoms with van der Waals surface area (Å²) < 4.78 is 29.6. The maximum absolute atomic E-state index is 12.3. The predicted octanol–water partition coefficient (Wildman–Crippen LogP) is 3.14. The average Bonchev–Trinajstić information content (AvgIpc) is 2.69. The van der Waals surface area contributed by atoms with Crippen LogP contribution in [0, 0.1) is 0 Å². The molecule has 0 aliphatic heterocycles. The lowest BCUT2D eigenvalue weighted by atomic mass is 10.1. The number of ether oxygens (including phenoxy) is 1. The number of pyridine rings is 1. The molecule has 0 fully saturated rings. The molecule has 0 atom stereocenters. The van der Waals surface area contributed by atoms with Crippen LogP contribution in [-0.2, 0) is 27.8 Å². The van der Waals surface area contributed by atoms with E-state index in [-0.39, 0.29) is 35.3 Å². The van der Waals surface area contributed by atoms with Gasteiger partial charge in [-0.2, -0.15) is 0 Å². The molecule has 0 saturated carbocycles. The van der Waals surface area contributed by atoms with Crippen molar-refractivity contribution < 1.29 is 17.9 Å². The van der Waals surface area contributed by atoms with Gasteiger partial charge in [0.05, 0.1) is 6.42 Å². The molecule has 1 aromatic heterocycles. The summed E-state index contributed by atoms with van der Waals surface area (Å²) in [7, 11) is -4.07. The van der Waals surface area contributed by atoms with Crippen molar-refractivity contribution in [3.63, 3.8) is 0 Å². The lowest BCUT2D eigenvalue weighted by molar-refractivity contribution is -0.115. The lowest BCUT2D eigenvalue weighted by Gasteiger charge is -2.13. The summed E-state index contributed by atoms with van der Waals surface area (Å²) >= 11 is 6.07. The van der Waals surface area contributed by atoms with Gasteiger partial charge in [0.15, 0.2) is 0 Å². The van der Waals surface area contributed by atoms with Crippen LogP contribution in [0.1, 0.15) is 11.1 Å². The monoisotopic (exact) mass is 431 g/mol. The van der Waals surface area contributed by atoms with Gasteiger partial charge in [0.2, 0.25) is 15.9 Å². The SMILES string of the molecule is NS(=O)(=O)c1cc(NC(=O)Cc2ccccc2Cl)ccc1OCc1ccncc1. The Kier molecular flexibility index (Phi) is 6.48. The molecule has 29 heavy (non-hydrogen) atoms. The molecule has 0 bridgehead atoms. The molecular weight excluding hydrogens is 414 g/mol. The summed E-state index contributed by atoms with van der Waals surface area (Å²) in [6.45, 7) is 0.142. The van der Waals surface area contributed by atoms with Crippen LogP contribution in [0.15, 0.2) is 71.9 Å². The fourth-order valence-electron chi connectivity index (χ4n) is 2.59. The van der Waals surface area contributed by atoms with Crippen LogP contribution in [0.25, 0.3) is 0 Å². The first-order valence-electron chi connectivity index (χ1n) is 8.55. The number of hydrogen-bond acceptors (Lipinski definition) is 5. The van der Waals surface area contributed by atoms with E-state index in [0.717, 1.165) is 5.56 Å². The fraction of sp³-hybridized carbons (Fsp3) is 0.100. The maximum atomic E-state index is 12.3. The molecule has 0 spiro atoms. The number of nitrogens with two attached hydrogens (primary N) is 1. The second kappa shape index (κ2) is 9.04. The highest BCUT2D eigenvalue weighted by atomic mass is 35.5. The van der Waals surface area contributed by atoms with E-state index >= 15 is 0 Å². The van der Waals surface area contributed by atoms with Crippen LogP contribution >= 0.6 is 11.6 Å². The number of benzene rings is 2. The molecule has 0 unspecified atom stereocenters. The van der Waals surface area contributed by atoms with Crippen molar-refractivity contribution in [1.82, 2.24) is 4.98 Å². The van der Waals surface area contributed by atoms with Gasteiger partial charge in [-0.25, -0.2) is 13.6 Å². The first kappa shape index (κ1) is 20.8. The number of hydrogen-bond donors (Lipinski definition) is 2. The number of carbonyl (C=O) groups is 1. The second-order valence-corrected chi connectivity index (χ2v) is 8.10. The Morgan fingerprint density at radius 2 is 1.83 bits per heavy atom. The number of amides is 1. The third kappa shape index (κ3) is 5.77. The average molecular weight is 432 g/mol. The second-order valence-electron chi connectivity index (χ2n) is 6.17. The largest absolute Gasteiger partial charge is 0.487 e. The molecule has 2 aromatic carbocycles. The summed E-state index contributed by atoms with van der Waals surface area (Å²) in [5.41, 5.74) is 1.76. The standard InChI is InChI=1S/C20H18ClN3O4S/c21-17-4-2-1-3-15(17)11-20(25)24-16-5-6-18(19(12-16)29(22,26)27)28-13-14-7-9-23-10-8-14/h1-10,12H,11,13H2,(H,24,25)(H2,22,26,27). The molecule has 3 rings (SSSR count). The molecule has 7 nitrogen and oxygen atoms in total. The highest BCUT2D eigenvalue weighted by Gasteiger charge is 2.17. The van der Waals surface area contributed by atoms with E-state index in [2.05, 4.69) is 10.3 Å². The van der Waals surface area contributed by atoms with Gasteiger partial charge in [-0.3, -0.25) is 9.78 Å². The molecule has 0 aliphatic rings. The van der Waals surface area contributed by atoms with Crippen LogP contribution in [-0.4, -0.2) is 19.3 Å². The van der Waals surface area contributed by atoms with E-state index in [9.17, 15) is 13.2 Å². The van der Waals surface area contributed by atoms with Gasteiger partial charge in [0.25, 0.3) is 0 Å². The van der Waals surface area contributed by atoms with Crippen molar-refractivity contribution in [3.05, 3.63) is 83.1 Å². The van der Waals surface area contributed by atoms with Gasteiger partial charge in [0, 0.05) is 23.1 Å². The predicted molar refractivity (Wildman–Crippen MR) is 110 cm³/mol. The number of anilines is 1. The number of nitrogens with zero attached hydrogens (tertiary/aromatic N) is 1. The Hall–Kier alpha value is -2.94. The van der Waals surface area contributed by atoms with Crippen molar-refractivity contribution >= 4 is 33.2 Å². The third-order valence-electron chi connectivity index (χ3n) is 3.99. The Labute approximate surface area is 173 Å². The number of aromatic nitrogens is 1. The smallest absolute Gasteiger partial charge is 0.241 e. The van der Waals surface area contributed by atoms with Gasteiger partial charge in [-0.15, -0.1) is 0 Å². The molecule has 3 N–H and O–H groups in total. The highest BCUT2D eigenvalue weighted by molar-refractivity contribution is 7.89. The molecule has 0 aliphatic carbocycles. The molecule has 0 saturated heterocycles. The molecule has 1 heterocycles. The molecule has 9 heteroatoms. The zero-order valence-corrected chi connectivity index (χ0v) is 16.8. The molecule has 1 amide bonds. The van der Waals surface area contributed by atoms with Crippen molar-refractivity contribution in [3.8, 4) is 5.75 Å². The number of primary sulfonamides is 1. The third-order valence-corrected chi connectivity index (χ3v) is 5.29. The number of rotatable bonds is 7. The number of sulfonamides is 1. The van der Waals surface area contributed by atoms with Gasteiger partial charge in [-0.05, 0) is 47.5 Å². The number of carbonyl (C=O) groups excluding carboxylic acids is 1. The summed E-state index contributed by atoms with van der Waals surface area (Å²) in [6, 6.07) is 14.7. The minimum Gasteiger partial charge on any atom is -0.487 e. The van der Waals surface area contributed by atoms with Gasteiger partial charge >= 0.3 is 0 Å². The molecule has 0 radical (unpaired) electrons. The van der Waals surface area contributed by atoms with Crippen LogP contribution in [0.4, 0.5) is 5.69 Å². The zero-order chi connectivity index (χ0) is 20.9. The first-order chi connectivity index (χ1) is 13.8. The van der Waals surface area contributed by atoms with Crippen molar-refractivity contribution in [2.24, 2.45) is 5.14 Å². The summed E-state index contributed by atoms with van der Waals surface area (Å²) in [5, 5.41) is 8.45. The van der Waals surface area contributed by atoms with E-state index in [0.29, 0.717) is 10.6 Å². The quantitative estimate of drug-likeness (QED) is 0.596. The molecule has 3 aromatic rings.